The van der Waals surface area contributed by atoms with Gasteiger partial charge in [-0.15, -0.1) is 17.9 Å². The highest BCUT2D eigenvalue weighted by Crippen LogP contribution is 2.17. The first-order valence-electron chi connectivity index (χ1n) is 4.42. The normalized spacial score (nSPS) is 11.8. The molecule has 0 spiro atoms. The van der Waals surface area contributed by atoms with Crippen LogP contribution in [-0.4, -0.2) is 11.7 Å². The van der Waals surface area contributed by atoms with Crippen molar-refractivity contribution in [1.82, 2.24) is 10.6 Å². The zero-order valence-electron chi connectivity index (χ0n) is 8.12. The van der Waals surface area contributed by atoms with Crippen LogP contribution in [0.1, 0.15) is 17.8 Å². The molecule has 4 heteroatoms. The van der Waals surface area contributed by atoms with E-state index < -0.39 is 0 Å². The summed E-state index contributed by atoms with van der Waals surface area (Å²) in [5, 5.41) is 8.97. The van der Waals surface area contributed by atoms with Crippen LogP contribution in [0, 0.1) is 0 Å². The standard InChI is InChI=1S/C10H14N2S2/c1-3-6-11-10(13)12-8(2)9-5-4-7-14-9/h3-5,7-8H,1,6H2,2H3,(H2,11,12,13)/t8-/m1/s1. The van der Waals surface area contributed by atoms with Crippen LogP contribution < -0.4 is 10.6 Å². The maximum absolute atomic E-state index is 5.10. The quantitative estimate of drug-likeness (QED) is 0.609. The minimum atomic E-state index is 0.264. The molecule has 1 heterocycles. The molecule has 1 atom stereocenters. The van der Waals surface area contributed by atoms with Gasteiger partial charge in [0.1, 0.15) is 0 Å². The highest BCUT2D eigenvalue weighted by Gasteiger charge is 2.06. The van der Waals surface area contributed by atoms with E-state index in [0.29, 0.717) is 11.7 Å². The van der Waals surface area contributed by atoms with Crippen molar-refractivity contribution in [2.75, 3.05) is 6.54 Å². The molecule has 0 aromatic carbocycles. The molecule has 0 saturated heterocycles. The van der Waals surface area contributed by atoms with Crippen molar-refractivity contribution in [1.29, 1.82) is 0 Å². The second-order valence-corrected chi connectivity index (χ2v) is 4.27. The fourth-order valence-corrected chi connectivity index (χ4v) is 2.02. The molecule has 2 nitrogen and oxygen atoms in total. The lowest BCUT2D eigenvalue weighted by Crippen LogP contribution is -2.36. The summed E-state index contributed by atoms with van der Waals surface area (Å²) < 4.78 is 0. The van der Waals surface area contributed by atoms with Gasteiger partial charge in [0.25, 0.3) is 0 Å². The molecular formula is C10H14N2S2. The van der Waals surface area contributed by atoms with Crippen LogP contribution in [0.3, 0.4) is 0 Å². The molecule has 0 amide bonds. The van der Waals surface area contributed by atoms with E-state index in [1.54, 1.807) is 17.4 Å². The van der Waals surface area contributed by atoms with Gasteiger partial charge in [0.05, 0.1) is 6.04 Å². The summed E-state index contributed by atoms with van der Waals surface area (Å²) in [5.74, 6) is 0. The van der Waals surface area contributed by atoms with E-state index in [1.165, 1.54) is 4.88 Å². The van der Waals surface area contributed by atoms with Gasteiger partial charge in [-0.1, -0.05) is 12.1 Å². The molecule has 0 unspecified atom stereocenters. The summed E-state index contributed by atoms with van der Waals surface area (Å²) in [5.41, 5.74) is 0. The first-order chi connectivity index (χ1) is 6.74. The molecule has 2 N–H and O–H groups in total. The molecule has 0 aliphatic heterocycles. The Morgan fingerprint density at radius 3 is 3.14 bits per heavy atom. The minimum Gasteiger partial charge on any atom is -0.359 e. The van der Waals surface area contributed by atoms with Crippen LogP contribution >= 0.6 is 23.6 Å². The third kappa shape index (κ3) is 3.47. The van der Waals surface area contributed by atoms with Gasteiger partial charge in [-0.25, -0.2) is 0 Å². The Bertz CT molecular complexity index is 293. The van der Waals surface area contributed by atoms with Crippen LogP contribution in [0.2, 0.25) is 0 Å². The molecule has 14 heavy (non-hydrogen) atoms. The van der Waals surface area contributed by atoms with E-state index >= 15 is 0 Å². The van der Waals surface area contributed by atoms with Crippen LogP contribution in [0.5, 0.6) is 0 Å². The molecule has 76 valence electrons. The van der Waals surface area contributed by atoms with Crippen molar-refractivity contribution < 1.29 is 0 Å². The summed E-state index contributed by atoms with van der Waals surface area (Å²) in [6, 6.07) is 4.40. The van der Waals surface area contributed by atoms with Crippen LogP contribution in [0.4, 0.5) is 0 Å². The van der Waals surface area contributed by atoms with Crippen molar-refractivity contribution in [3.05, 3.63) is 35.0 Å². The minimum absolute atomic E-state index is 0.264. The number of thiophene rings is 1. The van der Waals surface area contributed by atoms with Gasteiger partial charge < -0.3 is 10.6 Å². The number of nitrogens with one attached hydrogen (secondary N) is 2. The van der Waals surface area contributed by atoms with E-state index in [-0.39, 0.29) is 6.04 Å². The van der Waals surface area contributed by atoms with Gasteiger partial charge in [0.2, 0.25) is 0 Å². The SMILES string of the molecule is C=CCNC(=S)N[C@H](C)c1cccs1. The first kappa shape index (κ1) is 11.2. The van der Waals surface area contributed by atoms with Gasteiger partial charge in [0, 0.05) is 11.4 Å². The van der Waals surface area contributed by atoms with Crippen molar-refractivity contribution in [2.45, 2.75) is 13.0 Å². The van der Waals surface area contributed by atoms with Gasteiger partial charge in [-0.3, -0.25) is 0 Å². The lowest BCUT2D eigenvalue weighted by atomic mass is 10.3. The Hall–Kier alpha value is -0.870. The van der Waals surface area contributed by atoms with Crippen molar-refractivity contribution >= 4 is 28.7 Å². The summed E-state index contributed by atoms with van der Waals surface area (Å²) in [6.45, 7) is 6.40. The maximum atomic E-state index is 5.10. The predicted octanol–water partition coefficient (Wildman–Crippen LogP) is 2.46. The Kier molecular flexibility index (Phi) is 4.62. The second kappa shape index (κ2) is 5.78. The molecule has 1 rings (SSSR count). The Balaban J connectivity index is 2.37. The molecule has 0 aliphatic rings. The fraction of sp³-hybridized carbons (Fsp3) is 0.300. The molecule has 0 aliphatic carbocycles. The van der Waals surface area contributed by atoms with E-state index in [0.717, 1.165) is 0 Å². The van der Waals surface area contributed by atoms with E-state index in [9.17, 15) is 0 Å². The zero-order valence-corrected chi connectivity index (χ0v) is 9.75. The van der Waals surface area contributed by atoms with Crippen LogP contribution in [0.25, 0.3) is 0 Å². The van der Waals surface area contributed by atoms with Gasteiger partial charge in [0.15, 0.2) is 5.11 Å². The third-order valence-corrected chi connectivity index (χ3v) is 3.04. The summed E-state index contributed by atoms with van der Waals surface area (Å²) in [7, 11) is 0. The van der Waals surface area contributed by atoms with Crippen molar-refractivity contribution in [2.24, 2.45) is 0 Å². The molecule has 0 bridgehead atoms. The first-order valence-corrected chi connectivity index (χ1v) is 5.71. The highest BCUT2D eigenvalue weighted by molar-refractivity contribution is 7.80. The molecule has 0 radical (unpaired) electrons. The van der Waals surface area contributed by atoms with Gasteiger partial charge >= 0.3 is 0 Å². The van der Waals surface area contributed by atoms with E-state index in [1.807, 2.05) is 6.07 Å². The van der Waals surface area contributed by atoms with E-state index in [2.05, 4.69) is 35.6 Å². The Morgan fingerprint density at radius 2 is 2.57 bits per heavy atom. The van der Waals surface area contributed by atoms with Crippen molar-refractivity contribution in [3.63, 3.8) is 0 Å². The van der Waals surface area contributed by atoms with Gasteiger partial charge in [-0.05, 0) is 30.6 Å². The highest BCUT2D eigenvalue weighted by atomic mass is 32.1. The van der Waals surface area contributed by atoms with Crippen molar-refractivity contribution in [3.8, 4) is 0 Å². The molecule has 0 saturated carbocycles. The van der Waals surface area contributed by atoms with Crippen LogP contribution in [-0.2, 0) is 0 Å². The maximum Gasteiger partial charge on any atom is 0.167 e. The number of hydrogen-bond donors (Lipinski definition) is 2. The Labute approximate surface area is 94.0 Å². The monoisotopic (exact) mass is 226 g/mol. The van der Waals surface area contributed by atoms with E-state index in [4.69, 9.17) is 12.2 Å². The summed E-state index contributed by atoms with van der Waals surface area (Å²) in [4.78, 5) is 1.28. The predicted molar refractivity (Wildman–Crippen MR) is 66.7 cm³/mol. The molecule has 1 aromatic rings. The molecule has 0 fully saturated rings. The average molecular weight is 226 g/mol. The van der Waals surface area contributed by atoms with Crippen LogP contribution in [0.15, 0.2) is 30.2 Å². The topological polar surface area (TPSA) is 24.1 Å². The van der Waals surface area contributed by atoms with Gasteiger partial charge in [-0.2, -0.15) is 0 Å². The number of hydrogen-bond acceptors (Lipinski definition) is 2. The smallest absolute Gasteiger partial charge is 0.167 e. The third-order valence-electron chi connectivity index (χ3n) is 1.72. The largest absolute Gasteiger partial charge is 0.359 e. The fourth-order valence-electron chi connectivity index (χ4n) is 1.02. The number of rotatable bonds is 4. The summed E-state index contributed by atoms with van der Waals surface area (Å²) in [6.07, 6.45) is 1.78. The average Bonchev–Trinajstić information content (AvgIpc) is 2.67. The summed E-state index contributed by atoms with van der Waals surface area (Å²) >= 11 is 6.83. The lowest BCUT2D eigenvalue weighted by Gasteiger charge is -2.14. The second-order valence-electron chi connectivity index (χ2n) is 2.88. The number of thiocarbonyl (C=S) groups is 1. The zero-order chi connectivity index (χ0) is 10.4. The lowest BCUT2D eigenvalue weighted by molar-refractivity contribution is 0.719. The molecule has 1 aromatic heterocycles. The molecular weight excluding hydrogens is 212 g/mol. The Morgan fingerprint density at radius 1 is 1.79 bits per heavy atom.